The van der Waals surface area contributed by atoms with Crippen LogP contribution >= 0.6 is 0 Å². The van der Waals surface area contributed by atoms with Gasteiger partial charge in [-0.3, -0.25) is 0 Å². The second kappa shape index (κ2) is 11.6. The Morgan fingerprint density at radius 1 is 1.05 bits per heavy atom. The molecule has 0 saturated heterocycles. The van der Waals surface area contributed by atoms with E-state index in [9.17, 15) is 13.2 Å². The average Bonchev–Trinajstić information content (AvgIpc) is 2.41. The second-order valence-electron chi connectivity index (χ2n) is 4.57. The average molecular weight is 305 g/mol. The largest absolute Gasteiger partial charge is 0.416 e. The summed E-state index contributed by atoms with van der Waals surface area (Å²) in [7, 11) is 0. The molecular formula is C17H30F3N. The van der Waals surface area contributed by atoms with Gasteiger partial charge in [0.2, 0.25) is 0 Å². The van der Waals surface area contributed by atoms with Crippen LogP contribution in [-0.2, 0) is 12.6 Å². The molecule has 0 aromatic heterocycles. The van der Waals surface area contributed by atoms with Gasteiger partial charge in [-0.15, -0.1) is 0 Å². The first-order valence-corrected chi connectivity index (χ1v) is 7.72. The van der Waals surface area contributed by atoms with E-state index in [1.54, 1.807) is 13.0 Å². The third-order valence-corrected chi connectivity index (χ3v) is 2.59. The van der Waals surface area contributed by atoms with E-state index in [4.69, 9.17) is 5.73 Å². The van der Waals surface area contributed by atoms with Crippen LogP contribution in [0.3, 0.4) is 0 Å². The molecule has 0 fully saturated rings. The van der Waals surface area contributed by atoms with E-state index in [1.165, 1.54) is 12.1 Å². The summed E-state index contributed by atoms with van der Waals surface area (Å²) in [5.74, 6) is 0. The fourth-order valence-corrected chi connectivity index (χ4v) is 1.80. The molecule has 0 bridgehead atoms. The van der Waals surface area contributed by atoms with Crippen LogP contribution in [0, 0.1) is 6.92 Å². The van der Waals surface area contributed by atoms with Gasteiger partial charge in [-0.25, -0.2) is 0 Å². The van der Waals surface area contributed by atoms with Gasteiger partial charge in [-0.05, 0) is 50.8 Å². The van der Waals surface area contributed by atoms with Crippen molar-refractivity contribution in [2.24, 2.45) is 5.73 Å². The Morgan fingerprint density at radius 3 is 2.00 bits per heavy atom. The minimum Gasteiger partial charge on any atom is -0.328 e. The molecule has 1 atom stereocenters. The first-order chi connectivity index (χ1) is 9.79. The van der Waals surface area contributed by atoms with Gasteiger partial charge in [0.15, 0.2) is 0 Å². The summed E-state index contributed by atoms with van der Waals surface area (Å²) < 4.78 is 37.7. The molecule has 1 unspecified atom stereocenters. The summed E-state index contributed by atoms with van der Waals surface area (Å²) in [6, 6.07) is 4.31. The van der Waals surface area contributed by atoms with Crippen molar-refractivity contribution in [1.29, 1.82) is 0 Å². The maximum atomic E-state index is 12.6. The van der Waals surface area contributed by atoms with E-state index in [2.05, 4.69) is 0 Å². The highest BCUT2D eigenvalue weighted by atomic mass is 19.4. The number of benzene rings is 1. The molecule has 0 aliphatic rings. The Kier molecular flexibility index (Phi) is 12.3. The molecule has 0 aliphatic heterocycles. The molecule has 4 heteroatoms. The van der Waals surface area contributed by atoms with E-state index in [0.29, 0.717) is 12.0 Å². The zero-order chi connectivity index (χ0) is 17.1. The standard InChI is InChI=1S/C13H18F3N.2C2H6/c1-9-6-11(5-3-4-10(2)17)8-12(7-9)13(14,15)16;2*1-2/h6-8,10H,3-5,17H2,1-2H3;2*1-2H3. The quantitative estimate of drug-likeness (QED) is 0.754. The summed E-state index contributed by atoms with van der Waals surface area (Å²) >= 11 is 0. The Morgan fingerprint density at radius 2 is 1.57 bits per heavy atom. The molecule has 1 aromatic carbocycles. The molecule has 0 saturated carbocycles. The molecule has 21 heavy (non-hydrogen) atoms. The SMILES string of the molecule is CC.CC.Cc1cc(CCCC(C)N)cc(C(F)(F)F)c1. The van der Waals surface area contributed by atoms with Gasteiger partial charge < -0.3 is 5.73 Å². The van der Waals surface area contributed by atoms with Crippen LogP contribution < -0.4 is 5.73 Å². The lowest BCUT2D eigenvalue weighted by Crippen LogP contribution is -2.14. The highest BCUT2D eigenvalue weighted by molar-refractivity contribution is 5.31. The molecule has 1 nitrogen and oxygen atoms in total. The van der Waals surface area contributed by atoms with Crippen LogP contribution in [0.2, 0.25) is 0 Å². The number of aryl methyl sites for hydroxylation is 2. The Balaban J connectivity index is 0. The lowest BCUT2D eigenvalue weighted by atomic mass is 10.0. The van der Waals surface area contributed by atoms with Gasteiger partial charge in [-0.2, -0.15) is 13.2 Å². The predicted octanol–water partition coefficient (Wildman–Crippen LogP) is 5.74. The molecule has 124 valence electrons. The fraction of sp³-hybridized carbons (Fsp3) is 0.647. The predicted molar refractivity (Wildman–Crippen MR) is 85.5 cm³/mol. The minimum atomic E-state index is -4.26. The summed E-state index contributed by atoms with van der Waals surface area (Å²) in [5.41, 5.74) is 6.43. The lowest BCUT2D eigenvalue weighted by Gasteiger charge is -2.11. The third-order valence-electron chi connectivity index (χ3n) is 2.59. The maximum Gasteiger partial charge on any atom is 0.416 e. The number of alkyl halides is 3. The molecule has 0 radical (unpaired) electrons. The maximum absolute atomic E-state index is 12.6. The Bertz CT molecular complexity index is 371. The fourth-order valence-electron chi connectivity index (χ4n) is 1.80. The van der Waals surface area contributed by atoms with Gasteiger partial charge in [0, 0.05) is 6.04 Å². The summed E-state index contributed by atoms with van der Waals surface area (Å²) in [6.45, 7) is 11.6. The molecule has 0 aliphatic carbocycles. The van der Waals surface area contributed by atoms with Crippen LogP contribution in [-0.4, -0.2) is 6.04 Å². The molecule has 0 amide bonds. The van der Waals surface area contributed by atoms with E-state index in [0.717, 1.165) is 18.4 Å². The van der Waals surface area contributed by atoms with Crippen molar-refractivity contribution in [2.75, 3.05) is 0 Å². The van der Waals surface area contributed by atoms with Crippen molar-refractivity contribution in [3.63, 3.8) is 0 Å². The van der Waals surface area contributed by atoms with Crippen molar-refractivity contribution in [2.45, 2.75) is 73.0 Å². The van der Waals surface area contributed by atoms with Crippen LogP contribution in [0.1, 0.15) is 64.2 Å². The third kappa shape index (κ3) is 10.4. The van der Waals surface area contributed by atoms with Crippen molar-refractivity contribution in [3.05, 3.63) is 34.9 Å². The van der Waals surface area contributed by atoms with Crippen molar-refractivity contribution in [3.8, 4) is 0 Å². The number of nitrogens with two attached hydrogens (primary N) is 1. The summed E-state index contributed by atoms with van der Waals surface area (Å²) in [5, 5.41) is 0. The minimum absolute atomic E-state index is 0.0990. The zero-order valence-corrected chi connectivity index (χ0v) is 14.1. The van der Waals surface area contributed by atoms with Gasteiger partial charge in [0.05, 0.1) is 5.56 Å². The van der Waals surface area contributed by atoms with E-state index in [-0.39, 0.29) is 6.04 Å². The van der Waals surface area contributed by atoms with Crippen LogP contribution in [0.4, 0.5) is 13.2 Å². The highest BCUT2D eigenvalue weighted by Gasteiger charge is 2.30. The summed E-state index contributed by atoms with van der Waals surface area (Å²) in [4.78, 5) is 0. The van der Waals surface area contributed by atoms with Crippen molar-refractivity contribution < 1.29 is 13.2 Å². The Labute approximate surface area is 127 Å². The van der Waals surface area contributed by atoms with E-state index in [1.807, 2.05) is 34.6 Å². The zero-order valence-electron chi connectivity index (χ0n) is 14.1. The second-order valence-corrected chi connectivity index (χ2v) is 4.57. The number of hydrogen-bond donors (Lipinski definition) is 1. The first-order valence-electron chi connectivity index (χ1n) is 7.72. The molecule has 1 rings (SSSR count). The lowest BCUT2D eigenvalue weighted by molar-refractivity contribution is -0.137. The van der Waals surface area contributed by atoms with Gasteiger partial charge >= 0.3 is 6.18 Å². The molecule has 0 heterocycles. The number of hydrogen-bond acceptors (Lipinski definition) is 1. The molecule has 2 N–H and O–H groups in total. The van der Waals surface area contributed by atoms with Crippen LogP contribution in [0.15, 0.2) is 18.2 Å². The Hall–Kier alpha value is -1.03. The topological polar surface area (TPSA) is 26.0 Å². The van der Waals surface area contributed by atoms with Crippen LogP contribution in [0.5, 0.6) is 0 Å². The normalized spacial score (nSPS) is 11.7. The van der Waals surface area contributed by atoms with Crippen LogP contribution in [0.25, 0.3) is 0 Å². The number of halogens is 3. The van der Waals surface area contributed by atoms with Crippen molar-refractivity contribution >= 4 is 0 Å². The summed E-state index contributed by atoms with van der Waals surface area (Å²) in [6.07, 6.45) is -1.97. The van der Waals surface area contributed by atoms with E-state index >= 15 is 0 Å². The molecular weight excluding hydrogens is 275 g/mol. The van der Waals surface area contributed by atoms with Gasteiger partial charge in [0.25, 0.3) is 0 Å². The molecule has 1 aromatic rings. The van der Waals surface area contributed by atoms with Crippen molar-refractivity contribution in [1.82, 2.24) is 0 Å². The number of rotatable bonds is 4. The van der Waals surface area contributed by atoms with Gasteiger partial charge in [0.1, 0.15) is 0 Å². The molecule has 0 spiro atoms. The first kappa shape index (κ1) is 22.3. The smallest absolute Gasteiger partial charge is 0.328 e. The monoisotopic (exact) mass is 305 g/mol. The van der Waals surface area contributed by atoms with E-state index < -0.39 is 11.7 Å². The van der Waals surface area contributed by atoms with Gasteiger partial charge in [-0.1, -0.05) is 39.3 Å². The highest BCUT2D eigenvalue weighted by Crippen LogP contribution is 2.30.